The minimum Gasteiger partial charge on any atom is -1.00 e. The minimum absolute atomic E-state index is 0. The summed E-state index contributed by atoms with van der Waals surface area (Å²) in [6, 6.07) is 41.9. The molecule has 5 heteroatoms. The molecule has 0 amide bonds. The van der Waals surface area contributed by atoms with Gasteiger partial charge in [0, 0.05) is 0 Å². The van der Waals surface area contributed by atoms with Crippen molar-refractivity contribution >= 4 is 28.8 Å². The van der Waals surface area contributed by atoms with E-state index in [0.717, 1.165) is 0 Å². The molecule has 0 fully saturated rings. The smallest absolute Gasteiger partial charge is 1.00 e. The Kier molecular flexibility index (Phi) is 11.9. The van der Waals surface area contributed by atoms with Gasteiger partial charge in [0.25, 0.3) is 0 Å². The fourth-order valence-electron chi connectivity index (χ4n) is 3.69. The summed E-state index contributed by atoms with van der Waals surface area (Å²) in [5.41, 5.74) is 0. The van der Waals surface area contributed by atoms with Crippen LogP contribution in [-0.4, -0.2) is 8.07 Å². The summed E-state index contributed by atoms with van der Waals surface area (Å²) >= 11 is 0. The molecule has 0 radical (unpaired) electrons. The third-order valence-corrected chi connectivity index (χ3v) is 9.51. The maximum Gasteiger partial charge on any atom is 4.00 e. The first-order valence-corrected chi connectivity index (χ1v) is 10.3. The topological polar surface area (TPSA) is 0 Å². The molecule has 0 aliphatic heterocycles. The summed E-state index contributed by atoms with van der Waals surface area (Å²) < 4.78 is 0. The van der Waals surface area contributed by atoms with E-state index in [1.807, 2.05) is 0 Å². The van der Waals surface area contributed by atoms with Crippen LogP contribution in [-0.2, 0) is 21.7 Å². The summed E-state index contributed by atoms with van der Waals surface area (Å²) in [5, 5.41) is 5.71. The van der Waals surface area contributed by atoms with Crippen LogP contribution in [0.2, 0.25) is 0 Å². The molecule has 4 aromatic carbocycles. The molecule has 4 aromatic rings. The van der Waals surface area contributed by atoms with Gasteiger partial charge in [-0.05, 0) is 0 Å². The van der Waals surface area contributed by atoms with Crippen LogP contribution in [0.25, 0.3) is 0 Å². The molecule has 0 unspecified atom stereocenters. The van der Waals surface area contributed by atoms with E-state index < -0.39 is 8.07 Å². The Morgan fingerprint density at radius 2 is 0.714 bits per heavy atom. The molecule has 0 aliphatic carbocycles. The zero-order chi connectivity index (χ0) is 16.2. The second-order valence-corrected chi connectivity index (χ2v) is 9.83. The van der Waals surface area contributed by atoms with Crippen LogP contribution in [0.5, 0.6) is 0 Å². The molecular weight excluding hydrogens is 459 g/mol. The monoisotopic (exact) mass is 476 g/mol. The molecule has 0 N–H and O–H groups in total. The molecule has 0 saturated carbocycles. The van der Waals surface area contributed by atoms with E-state index in [2.05, 4.69) is 115 Å². The molecule has 0 spiro atoms. The second kappa shape index (κ2) is 12.4. The quantitative estimate of drug-likeness (QED) is 0.156. The summed E-state index contributed by atoms with van der Waals surface area (Å²) in [6.45, 7) is 0. The van der Waals surface area contributed by atoms with Gasteiger partial charge in [0.2, 0.25) is 0 Å². The SMILES string of the molecule is [Cl-].[Cl-].[Cl-].[Ti+4].c1ccc([Si](c2ccccc2)(c2ccccc2)[c-]2cccc2)cc1. The molecule has 140 valence electrons. The number of halogens is 3. The van der Waals surface area contributed by atoms with Crippen molar-refractivity contribution in [2.75, 3.05) is 0 Å². The number of benzene rings is 3. The summed E-state index contributed by atoms with van der Waals surface area (Å²) in [6.07, 6.45) is 0. The maximum atomic E-state index is 2.29. The molecule has 0 heterocycles. The van der Waals surface area contributed by atoms with Crippen molar-refractivity contribution in [3.05, 3.63) is 115 Å². The van der Waals surface area contributed by atoms with E-state index in [4.69, 9.17) is 0 Å². The predicted octanol–water partition coefficient (Wildman–Crippen LogP) is -6.21. The molecule has 0 atom stereocenters. The van der Waals surface area contributed by atoms with Gasteiger partial charge in [0.05, 0.1) is 0 Å². The van der Waals surface area contributed by atoms with Crippen LogP contribution in [0, 0.1) is 0 Å². The minimum atomic E-state index is -2.25. The normalized spacial score (nSPS) is 9.71. The number of hydrogen-bond donors (Lipinski definition) is 0. The number of rotatable bonds is 4. The van der Waals surface area contributed by atoms with Crippen molar-refractivity contribution in [2.45, 2.75) is 0 Å². The van der Waals surface area contributed by atoms with E-state index in [9.17, 15) is 0 Å². The largest absolute Gasteiger partial charge is 4.00 e. The predicted molar refractivity (Wildman–Crippen MR) is 106 cm³/mol. The fourth-order valence-corrected chi connectivity index (χ4v) is 8.46. The Balaban J connectivity index is 0.00000182. The summed E-state index contributed by atoms with van der Waals surface area (Å²) in [5.74, 6) is 0. The molecule has 28 heavy (non-hydrogen) atoms. The van der Waals surface area contributed by atoms with Crippen LogP contribution >= 0.6 is 0 Å². The zero-order valence-electron chi connectivity index (χ0n) is 15.1. The van der Waals surface area contributed by atoms with E-state index in [1.165, 1.54) is 20.7 Å². The van der Waals surface area contributed by atoms with Crippen molar-refractivity contribution < 1.29 is 58.9 Å². The van der Waals surface area contributed by atoms with Crippen molar-refractivity contribution in [1.29, 1.82) is 0 Å². The molecule has 0 aromatic heterocycles. The van der Waals surface area contributed by atoms with Gasteiger partial charge < -0.3 is 37.2 Å². The maximum absolute atomic E-state index is 2.29. The average Bonchev–Trinajstić information content (AvgIpc) is 3.20. The Labute approximate surface area is 201 Å². The fraction of sp³-hybridized carbons (Fsp3) is 0. The van der Waals surface area contributed by atoms with Crippen LogP contribution < -0.4 is 58.0 Å². The Morgan fingerprint density at radius 1 is 0.429 bits per heavy atom. The third kappa shape index (κ3) is 4.86. The molecule has 0 aliphatic rings. The average molecular weight is 478 g/mol. The van der Waals surface area contributed by atoms with E-state index >= 15 is 0 Å². The van der Waals surface area contributed by atoms with E-state index in [1.54, 1.807) is 0 Å². The first-order chi connectivity index (χ1) is 11.9. The Morgan fingerprint density at radius 3 is 1.00 bits per heavy atom. The van der Waals surface area contributed by atoms with Gasteiger partial charge in [-0.3, -0.25) is 0 Å². The van der Waals surface area contributed by atoms with E-state index in [0.29, 0.717) is 0 Å². The van der Waals surface area contributed by atoms with Gasteiger partial charge in [-0.2, -0.15) is 12.1 Å². The second-order valence-electron chi connectivity index (χ2n) is 6.02. The van der Waals surface area contributed by atoms with Crippen molar-refractivity contribution in [1.82, 2.24) is 0 Å². The Hall–Kier alpha value is -1.19. The first-order valence-electron chi connectivity index (χ1n) is 8.31. The first kappa shape index (κ1) is 26.8. The molecule has 0 bridgehead atoms. The molecule has 0 saturated heterocycles. The van der Waals surface area contributed by atoms with Crippen LogP contribution in [0.3, 0.4) is 0 Å². The van der Waals surface area contributed by atoms with Crippen molar-refractivity contribution in [3.63, 3.8) is 0 Å². The molecular formula is C23H19Cl3SiTi. The van der Waals surface area contributed by atoms with Crippen molar-refractivity contribution in [3.8, 4) is 0 Å². The van der Waals surface area contributed by atoms with E-state index in [-0.39, 0.29) is 58.9 Å². The Bertz CT molecular complexity index is 802. The van der Waals surface area contributed by atoms with Crippen LogP contribution in [0.4, 0.5) is 0 Å². The number of hydrogen-bond acceptors (Lipinski definition) is 0. The summed E-state index contributed by atoms with van der Waals surface area (Å²) in [7, 11) is -2.25. The van der Waals surface area contributed by atoms with Gasteiger partial charge in [0.1, 0.15) is 8.07 Å². The van der Waals surface area contributed by atoms with Crippen molar-refractivity contribution in [2.24, 2.45) is 0 Å². The van der Waals surface area contributed by atoms with Gasteiger partial charge >= 0.3 is 21.7 Å². The standard InChI is InChI=1S/C23H19Si.3ClH.Ti/c1-4-12-20(13-5-1)24(23-18-10-11-19-23,21-14-6-2-7-15-21)22-16-8-3-9-17-22;;;;/h1-19H;3*1H;/q-1;;;;+4/p-3. The molecule has 0 nitrogen and oxygen atoms in total. The van der Waals surface area contributed by atoms with Crippen LogP contribution in [0.15, 0.2) is 115 Å². The van der Waals surface area contributed by atoms with Crippen LogP contribution in [0.1, 0.15) is 0 Å². The van der Waals surface area contributed by atoms with Gasteiger partial charge in [-0.25, -0.2) is 12.1 Å². The zero-order valence-corrected chi connectivity index (χ0v) is 19.9. The summed E-state index contributed by atoms with van der Waals surface area (Å²) in [4.78, 5) is 0. The van der Waals surface area contributed by atoms with Gasteiger partial charge in [0.15, 0.2) is 0 Å². The molecule has 4 rings (SSSR count). The van der Waals surface area contributed by atoms with Gasteiger partial charge in [-0.15, -0.1) is 5.19 Å². The van der Waals surface area contributed by atoms with Gasteiger partial charge in [-0.1, -0.05) is 107 Å². The third-order valence-electron chi connectivity index (χ3n) is 4.72.